The summed E-state index contributed by atoms with van der Waals surface area (Å²) in [6.07, 6.45) is 1.36. The first-order valence-corrected chi connectivity index (χ1v) is 8.85. The molecule has 0 radical (unpaired) electrons. The number of fused-ring (bicyclic) bond motifs is 1. The molecule has 0 saturated heterocycles. The summed E-state index contributed by atoms with van der Waals surface area (Å²) in [5.74, 6) is -0.647. The van der Waals surface area contributed by atoms with Crippen LogP contribution in [0.15, 0.2) is 46.8 Å². The van der Waals surface area contributed by atoms with Gasteiger partial charge in [-0.25, -0.2) is 4.98 Å². The fourth-order valence-corrected chi connectivity index (χ4v) is 3.14. The summed E-state index contributed by atoms with van der Waals surface area (Å²) in [6.45, 7) is 1.70. The first-order chi connectivity index (χ1) is 12.4. The van der Waals surface area contributed by atoms with Crippen LogP contribution in [0.4, 0.5) is 5.69 Å². The first kappa shape index (κ1) is 17.8. The maximum atomic E-state index is 12.3. The number of rotatable bonds is 5. The van der Waals surface area contributed by atoms with Gasteiger partial charge < -0.3 is 10.2 Å². The number of carbonyl (C=O) groups excluding carboxylic acids is 2. The standard InChI is InChI=1S/C18H18N4O3S/c1-12-3-5-13(6-4-12)20-15(23)9-21(2)16(24)10-22-11-19-17-14(18(22)25)7-8-26-17/h3-8,11H,9-10H2,1-2H3,(H,20,23). The predicted octanol–water partition coefficient (Wildman–Crippen LogP) is 1.86. The van der Waals surface area contributed by atoms with E-state index in [1.165, 1.54) is 34.2 Å². The number of benzene rings is 1. The molecule has 0 unspecified atom stereocenters. The molecule has 2 aromatic heterocycles. The lowest BCUT2D eigenvalue weighted by atomic mass is 10.2. The van der Waals surface area contributed by atoms with E-state index in [0.717, 1.165) is 5.56 Å². The number of aryl methyl sites for hydroxylation is 1. The van der Waals surface area contributed by atoms with Crippen molar-refractivity contribution in [1.29, 1.82) is 0 Å². The second-order valence-corrected chi connectivity index (χ2v) is 6.88. The molecule has 0 aliphatic rings. The molecule has 0 spiro atoms. The third kappa shape index (κ3) is 3.97. The van der Waals surface area contributed by atoms with Crippen molar-refractivity contribution < 1.29 is 9.59 Å². The SMILES string of the molecule is Cc1ccc(NC(=O)CN(C)C(=O)Cn2cnc3sccc3c2=O)cc1. The normalized spacial score (nSPS) is 10.7. The summed E-state index contributed by atoms with van der Waals surface area (Å²) < 4.78 is 1.26. The van der Waals surface area contributed by atoms with Crippen molar-refractivity contribution in [2.24, 2.45) is 0 Å². The van der Waals surface area contributed by atoms with Crippen LogP contribution in [0.5, 0.6) is 0 Å². The summed E-state index contributed by atoms with van der Waals surface area (Å²) in [7, 11) is 1.53. The summed E-state index contributed by atoms with van der Waals surface area (Å²) in [6, 6.07) is 9.08. The summed E-state index contributed by atoms with van der Waals surface area (Å²) in [5.41, 5.74) is 1.50. The molecule has 0 fully saturated rings. The van der Waals surface area contributed by atoms with Gasteiger partial charge in [-0.15, -0.1) is 11.3 Å². The number of nitrogens with one attached hydrogen (secondary N) is 1. The minimum absolute atomic E-state index is 0.102. The highest BCUT2D eigenvalue weighted by atomic mass is 32.1. The largest absolute Gasteiger partial charge is 0.335 e. The quantitative estimate of drug-likeness (QED) is 0.743. The van der Waals surface area contributed by atoms with Crippen LogP contribution in [0.1, 0.15) is 5.56 Å². The predicted molar refractivity (Wildman–Crippen MR) is 101 cm³/mol. The molecule has 0 aliphatic heterocycles. The fourth-order valence-electron chi connectivity index (χ4n) is 2.41. The number of amides is 2. The summed E-state index contributed by atoms with van der Waals surface area (Å²) in [4.78, 5) is 42.8. The van der Waals surface area contributed by atoms with Gasteiger partial charge in [0.1, 0.15) is 11.4 Å². The van der Waals surface area contributed by atoms with Gasteiger partial charge in [-0.3, -0.25) is 19.0 Å². The number of thiophene rings is 1. The monoisotopic (exact) mass is 370 g/mol. The molecule has 26 heavy (non-hydrogen) atoms. The first-order valence-electron chi connectivity index (χ1n) is 7.97. The highest BCUT2D eigenvalue weighted by molar-refractivity contribution is 7.16. The lowest BCUT2D eigenvalue weighted by Crippen LogP contribution is -2.38. The van der Waals surface area contributed by atoms with Crippen LogP contribution < -0.4 is 10.9 Å². The van der Waals surface area contributed by atoms with E-state index in [4.69, 9.17) is 0 Å². The minimum atomic E-state index is -0.345. The van der Waals surface area contributed by atoms with Crippen molar-refractivity contribution in [3.63, 3.8) is 0 Å². The van der Waals surface area contributed by atoms with Crippen LogP contribution >= 0.6 is 11.3 Å². The van der Waals surface area contributed by atoms with Gasteiger partial charge in [0.25, 0.3) is 5.56 Å². The Kier molecular flexibility index (Phi) is 5.13. The zero-order valence-electron chi connectivity index (χ0n) is 14.4. The maximum absolute atomic E-state index is 12.3. The molecule has 1 aromatic carbocycles. The molecule has 3 rings (SSSR count). The van der Waals surface area contributed by atoms with Crippen molar-refractivity contribution in [3.05, 3.63) is 58.0 Å². The average Bonchev–Trinajstić information content (AvgIpc) is 3.08. The number of nitrogens with zero attached hydrogens (tertiary/aromatic N) is 3. The van der Waals surface area contributed by atoms with E-state index in [0.29, 0.717) is 15.9 Å². The Bertz CT molecular complexity index is 1010. The van der Waals surface area contributed by atoms with E-state index in [2.05, 4.69) is 10.3 Å². The highest BCUT2D eigenvalue weighted by Crippen LogP contribution is 2.13. The molecule has 8 heteroatoms. The Hall–Kier alpha value is -3.00. The Morgan fingerprint density at radius 1 is 1.23 bits per heavy atom. The van der Waals surface area contributed by atoms with Crippen LogP contribution in [0.25, 0.3) is 10.2 Å². The number of likely N-dealkylation sites (N-methyl/N-ethyl adjacent to an activating group) is 1. The molecular formula is C18H18N4O3S. The average molecular weight is 370 g/mol. The van der Waals surface area contributed by atoms with Crippen LogP contribution in [0.2, 0.25) is 0 Å². The van der Waals surface area contributed by atoms with E-state index >= 15 is 0 Å². The molecular weight excluding hydrogens is 352 g/mol. The fraction of sp³-hybridized carbons (Fsp3) is 0.222. The summed E-state index contributed by atoms with van der Waals surface area (Å²) >= 11 is 1.37. The van der Waals surface area contributed by atoms with Gasteiger partial charge in [-0.1, -0.05) is 17.7 Å². The second kappa shape index (κ2) is 7.49. The number of anilines is 1. The van der Waals surface area contributed by atoms with E-state index in [1.807, 2.05) is 19.1 Å². The highest BCUT2D eigenvalue weighted by Gasteiger charge is 2.15. The van der Waals surface area contributed by atoms with Crippen molar-refractivity contribution in [1.82, 2.24) is 14.5 Å². The molecule has 0 bridgehead atoms. The Morgan fingerprint density at radius 2 is 1.96 bits per heavy atom. The molecule has 0 aliphatic carbocycles. The lowest BCUT2D eigenvalue weighted by Gasteiger charge is -2.17. The number of hydrogen-bond acceptors (Lipinski definition) is 5. The zero-order valence-corrected chi connectivity index (χ0v) is 15.2. The Morgan fingerprint density at radius 3 is 2.69 bits per heavy atom. The van der Waals surface area contributed by atoms with Crippen LogP contribution in [-0.2, 0) is 16.1 Å². The van der Waals surface area contributed by atoms with Crippen molar-refractivity contribution in [2.45, 2.75) is 13.5 Å². The van der Waals surface area contributed by atoms with Crippen molar-refractivity contribution in [3.8, 4) is 0 Å². The molecule has 1 N–H and O–H groups in total. The number of aromatic nitrogens is 2. The third-order valence-corrected chi connectivity index (χ3v) is 4.72. The van der Waals surface area contributed by atoms with Gasteiger partial charge in [0.2, 0.25) is 11.8 Å². The number of carbonyl (C=O) groups is 2. The van der Waals surface area contributed by atoms with E-state index in [9.17, 15) is 14.4 Å². The van der Waals surface area contributed by atoms with Gasteiger partial charge in [0.15, 0.2) is 0 Å². The maximum Gasteiger partial charge on any atom is 0.262 e. The van der Waals surface area contributed by atoms with Gasteiger partial charge in [-0.2, -0.15) is 0 Å². The van der Waals surface area contributed by atoms with Crippen LogP contribution in [-0.4, -0.2) is 39.9 Å². The molecule has 134 valence electrons. The molecule has 7 nitrogen and oxygen atoms in total. The van der Waals surface area contributed by atoms with Crippen LogP contribution in [0.3, 0.4) is 0 Å². The van der Waals surface area contributed by atoms with Gasteiger partial charge >= 0.3 is 0 Å². The van der Waals surface area contributed by atoms with Gasteiger partial charge in [0.05, 0.1) is 18.3 Å². The zero-order chi connectivity index (χ0) is 18.7. The lowest BCUT2D eigenvalue weighted by molar-refractivity contribution is -0.133. The van der Waals surface area contributed by atoms with Crippen molar-refractivity contribution in [2.75, 3.05) is 18.9 Å². The third-order valence-electron chi connectivity index (χ3n) is 3.90. The molecule has 3 aromatic rings. The van der Waals surface area contributed by atoms with Gasteiger partial charge in [0, 0.05) is 12.7 Å². The van der Waals surface area contributed by atoms with E-state index in [-0.39, 0.29) is 30.5 Å². The molecule has 0 atom stereocenters. The minimum Gasteiger partial charge on any atom is -0.335 e. The van der Waals surface area contributed by atoms with Crippen molar-refractivity contribution >= 4 is 39.1 Å². The molecule has 2 heterocycles. The Balaban J connectivity index is 1.61. The molecule has 2 amide bonds. The van der Waals surface area contributed by atoms with E-state index in [1.54, 1.807) is 23.6 Å². The van der Waals surface area contributed by atoms with Gasteiger partial charge in [-0.05, 0) is 30.5 Å². The Labute approximate surface area is 153 Å². The second-order valence-electron chi connectivity index (χ2n) is 5.98. The van der Waals surface area contributed by atoms with Crippen LogP contribution in [0, 0.1) is 6.92 Å². The smallest absolute Gasteiger partial charge is 0.262 e. The molecule has 0 saturated carbocycles. The van der Waals surface area contributed by atoms with E-state index < -0.39 is 0 Å². The number of hydrogen-bond donors (Lipinski definition) is 1. The summed E-state index contributed by atoms with van der Waals surface area (Å²) in [5, 5.41) is 5.01. The topological polar surface area (TPSA) is 84.3 Å².